The van der Waals surface area contributed by atoms with Crippen molar-refractivity contribution < 1.29 is 4.74 Å². The molecule has 0 aliphatic heterocycles. The number of rotatable bonds is 5. The first-order valence-electron chi connectivity index (χ1n) is 6.83. The van der Waals surface area contributed by atoms with Gasteiger partial charge in [0.15, 0.2) is 0 Å². The maximum Gasteiger partial charge on any atom is 0.221 e. The third-order valence-corrected chi connectivity index (χ3v) is 4.49. The summed E-state index contributed by atoms with van der Waals surface area (Å²) in [5.74, 6) is 1.51. The standard InChI is InChI=1S/C15H19Br2N3O/c1-4-11(18)8-12-9(2)19-20(3)15(12)21-14-6-5-10(16)7-13(14)17/h5-7,11H,4,8,18H2,1-3H3. The van der Waals surface area contributed by atoms with Gasteiger partial charge in [0.25, 0.3) is 0 Å². The van der Waals surface area contributed by atoms with E-state index >= 15 is 0 Å². The first kappa shape index (κ1) is 16.5. The molecule has 1 atom stereocenters. The van der Waals surface area contributed by atoms with Gasteiger partial charge in [-0.25, -0.2) is 4.68 Å². The molecule has 0 saturated heterocycles. The molecule has 0 spiro atoms. The molecule has 2 rings (SSSR count). The molecule has 0 aliphatic carbocycles. The Labute approximate surface area is 141 Å². The Balaban J connectivity index is 2.34. The van der Waals surface area contributed by atoms with Crippen molar-refractivity contribution in [3.63, 3.8) is 0 Å². The van der Waals surface area contributed by atoms with Gasteiger partial charge in [-0.05, 0) is 53.9 Å². The maximum atomic E-state index is 6.09. The van der Waals surface area contributed by atoms with Crippen LogP contribution in [0.2, 0.25) is 0 Å². The number of nitrogens with two attached hydrogens (primary N) is 1. The van der Waals surface area contributed by atoms with E-state index in [1.807, 2.05) is 32.2 Å². The molecule has 1 aromatic heterocycles. The van der Waals surface area contributed by atoms with Gasteiger partial charge in [0.05, 0.1) is 10.2 Å². The van der Waals surface area contributed by atoms with E-state index in [-0.39, 0.29) is 6.04 Å². The Bertz CT molecular complexity index is 640. The van der Waals surface area contributed by atoms with Gasteiger partial charge in [-0.15, -0.1) is 0 Å². The van der Waals surface area contributed by atoms with Crippen LogP contribution in [0, 0.1) is 6.92 Å². The third kappa shape index (κ3) is 3.87. The Kier molecular flexibility index (Phi) is 5.46. The van der Waals surface area contributed by atoms with E-state index < -0.39 is 0 Å². The number of halogens is 2. The van der Waals surface area contributed by atoms with E-state index in [0.29, 0.717) is 0 Å². The summed E-state index contributed by atoms with van der Waals surface area (Å²) in [4.78, 5) is 0. The summed E-state index contributed by atoms with van der Waals surface area (Å²) in [7, 11) is 1.88. The molecule has 114 valence electrons. The van der Waals surface area contributed by atoms with Gasteiger partial charge in [-0.1, -0.05) is 22.9 Å². The number of benzene rings is 1. The van der Waals surface area contributed by atoms with Gasteiger partial charge in [0, 0.05) is 23.1 Å². The predicted octanol–water partition coefficient (Wildman–Crippen LogP) is 4.33. The fourth-order valence-corrected chi connectivity index (χ4v) is 3.24. The van der Waals surface area contributed by atoms with Crippen LogP contribution in [0.5, 0.6) is 11.6 Å². The molecule has 0 radical (unpaired) electrons. The van der Waals surface area contributed by atoms with Crippen molar-refractivity contribution in [2.24, 2.45) is 12.8 Å². The molecular formula is C15H19Br2N3O. The van der Waals surface area contributed by atoms with Crippen molar-refractivity contribution in [3.8, 4) is 11.6 Å². The molecule has 4 nitrogen and oxygen atoms in total. The molecule has 0 aliphatic rings. The van der Waals surface area contributed by atoms with Gasteiger partial charge in [0.1, 0.15) is 5.75 Å². The monoisotopic (exact) mass is 415 g/mol. The molecule has 1 unspecified atom stereocenters. The van der Waals surface area contributed by atoms with E-state index in [1.54, 1.807) is 4.68 Å². The molecule has 21 heavy (non-hydrogen) atoms. The van der Waals surface area contributed by atoms with E-state index in [2.05, 4.69) is 43.9 Å². The second-order valence-electron chi connectivity index (χ2n) is 5.04. The van der Waals surface area contributed by atoms with Crippen LogP contribution in [0.1, 0.15) is 24.6 Å². The Morgan fingerprint density at radius 2 is 2.10 bits per heavy atom. The van der Waals surface area contributed by atoms with Gasteiger partial charge in [-0.2, -0.15) is 5.10 Å². The van der Waals surface area contributed by atoms with E-state index in [4.69, 9.17) is 10.5 Å². The van der Waals surface area contributed by atoms with Crippen molar-refractivity contribution >= 4 is 31.9 Å². The number of ether oxygens (including phenoxy) is 1. The summed E-state index contributed by atoms with van der Waals surface area (Å²) >= 11 is 6.95. The lowest BCUT2D eigenvalue weighted by atomic mass is 10.1. The first-order chi connectivity index (χ1) is 9.92. The van der Waals surface area contributed by atoms with Crippen molar-refractivity contribution in [2.45, 2.75) is 32.7 Å². The van der Waals surface area contributed by atoms with Crippen LogP contribution in [0.25, 0.3) is 0 Å². The van der Waals surface area contributed by atoms with Crippen LogP contribution >= 0.6 is 31.9 Å². The van der Waals surface area contributed by atoms with Crippen LogP contribution in [0.15, 0.2) is 27.1 Å². The molecule has 1 aromatic carbocycles. The highest BCUT2D eigenvalue weighted by Gasteiger charge is 2.18. The van der Waals surface area contributed by atoms with E-state index in [0.717, 1.165) is 44.7 Å². The molecule has 6 heteroatoms. The largest absolute Gasteiger partial charge is 0.438 e. The summed E-state index contributed by atoms with van der Waals surface area (Å²) in [6.07, 6.45) is 1.69. The highest BCUT2D eigenvalue weighted by molar-refractivity contribution is 9.11. The third-order valence-electron chi connectivity index (χ3n) is 3.38. The second kappa shape index (κ2) is 6.94. The summed E-state index contributed by atoms with van der Waals surface area (Å²) in [6.45, 7) is 4.07. The highest BCUT2D eigenvalue weighted by atomic mass is 79.9. The zero-order valence-electron chi connectivity index (χ0n) is 12.4. The predicted molar refractivity (Wildman–Crippen MR) is 91.8 cm³/mol. The highest BCUT2D eigenvalue weighted by Crippen LogP contribution is 2.34. The minimum Gasteiger partial charge on any atom is -0.438 e. The lowest BCUT2D eigenvalue weighted by Crippen LogP contribution is -2.21. The molecule has 0 saturated carbocycles. The molecule has 0 amide bonds. The second-order valence-corrected chi connectivity index (χ2v) is 6.81. The fourth-order valence-electron chi connectivity index (χ4n) is 2.11. The van der Waals surface area contributed by atoms with Gasteiger partial charge in [0.2, 0.25) is 5.88 Å². The minimum atomic E-state index is 0.114. The molecule has 2 aromatic rings. The van der Waals surface area contributed by atoms with Crippen molar-refractivity contribution in [1.29, 1.82) is 0 Å². The quantitative estimate of drug-likeness (QED) is 0.789. The molecule has 0 fully saturated rings. The van der Waals surface area contributed by atoms with Crippen molar-refractivity contribution in [2.75, 3.05) is 0 Å². The molecule has 1 heterocycles. The minimum absolute atomic E-state index is 0.114. The fraction of sp³-hybridized carbons (Fsp3) is 0.400. The Morgan fingerprint density at radius 3 is 2.71 bits per heavy atom. The number of hydrogen-bond acceptors (Lipinski definition) is 3. The number of nitrogens with zero attached hydrogens (tertiary/aromatic N) is 2. The van der Waals surface area contributed by atoms with Crippen LogP contribution in [0.4, 0.5) is 0 Å². The molecule has 2 N–H and O–H groups in total. The zero-order chi connectivity index (χ0) is 15.6. The van der Waals surface area contributed by atoms with Gasteiger partial charge in [-0.3, -0.25) is 0 Å². The first-order valence-corrected chi connectivity index (χ1v) is 8.42. The van der Waals surface area contributed by atoms with Crippen LogP contribution in [-0.4, -0.2) is 15.8 Å². The van der Waals surface area contributed by atoms with Crippen molar-refractivity contribution in [1.82, 2.24) is 9.78 Å². The lowest BCUT2D eigenvalue weighted by molar-refractivity contribution is 0.421. The van der Waals surface area contributed by atoms with Gasteiger partial charge >= 0.3 is 0 Å². The Morgan fingerprint density at radius 1 is 1.38 bits per heavy atom. The SMILES string of the molecule is CCC(N)Cc1c(C)nn(C)c1Oc1ccc(Br)cc1Br. The summed E-state index contributed by atoms with van der Waals surface area (Å²) in [5.41, 5.74) is 8.12. The molecular weight excluding hydrogens is 398 g/mol. The average Bonchev–Trinajstić information content (AvgIpc) is 2.68. The zero-order valence-corrected chi connectivity index (χ0v) is 15.5. The average molecular weight is 417 g/mol. The summed E-state index contributed by atoms with van der Waals surface area (Å²) in [6, 6.07) is 5.93. The topological polar surface area (TPSA) is 53.1 Å². The van der Waals surface area contributed by atoms with Crippen molar-refractivity contribution in [3.05, 3.63) is 38.4 Å². The lowest BCUT2D eigenvalue weighted by Gasteiger charge is -2.13. The van der Waals surface area contributed by atoms with Crippen LogP contribution in [-0.2, 0) is 13.5 Å². The maximum absolute atomic E-state index is 6.09. The number of aromatic nitrogens is 2. The van der Waals surface area contributed by atoms with E-state index in [9.17, 15) is 0 Å². The number of aryl methyl sites for hydroxylation is 2. The normalized spacial score (nSPS) is 12.5. The summed E-state index contributed by atoms with van der Waals surface area (Å²) in [5, 5.41) is 4.45. The van der Waals surface area contributed by atoms with E-state index in [1.165, 1.54) is 0 Å². The summed E-state index contributed by atoms with van der Waals surface area (Å²) < 4.78 is 9.72. The molecule has 0 bridgehead atoms. The van der Waals surface area contributed by atoms with Gasteiger partial charge < -0.3 is 10.5 Å². The number of hydrogen-bond donors (Lipinski definition) is 1. The van der Waals surface area contributed by atoms with Crippen LogP contribution < -0.4 is 10.5 Å². The smallest absolute Gasteiger partial charge is 0.221 e. The Hall–Kier alpha value is -0.850. The van der Waals surface area contributed by atoms with Crippen LogP contribution in [0.3, 0.4) is 0 Å².